The number of nitrogens with one attached hydrogen (secondary N) is 1. The van der Waals surface area contributed by atoms with Crippen LogP contribution < -0.4 is 10.3 Å². The van der Waals surface area contributed by atoms with Crippen LogP contribution in [-0.2, 0) is 9.59 Å². The molecule has 27 heavy (non-hydrogen) atoms. The number of rotatable bonds is 4. The van der Waals surface area contributed by atoms with E-state index in [9.17, 15) is 9.59 Å². The van der Waals surface area contributed by atoms with Crippen LogP contribution in [0, 0.1) is 0 Å². The Bertz CT molecular complexity index is 1000. The molecule has 0 saturated heterocycles. The Morgan fingerprint density at radius 3 is 2.70 bits per heavy atom. The van der Waals surface area contributed by atoms with Crippen molar-refractivity contribution in [2.75, 3.05) is 10.3 Å². The van der Waals surface area contributed by atoms with Gasteiger partial charge >= 0.3 is 0 Å². The standard InChI is InChI=1S/C18H15N7O2/c26-16-9-8-15(23-25(16)13-5-2-1-3-6-13)18(27)22-14-7-4-10-20-17(14)24-12-19-11-21-24/h1-7,10-12H,8-9H2,(H,22,27). The Hall–Kier alpha value is -3.88. The van der Waals surface area contributed by atoms with Gasteiger partial charge in [-0.3, -0.25) is 9.59 Å². The number of anilines is 2. The first-order chi connectivity index (χ1) is 13.2. The molecule has 1 aliphatic rings. The molecule has 0 unspecified atom stereocenters. The third kappa shape index (κ3) is 3.43. The molecular weight excluding hydrogens is 346 g/mol. The predicted molar refractivity (Wildman–Crippen MR) is 98.4 cm³/mol. The highest BCUT2D eigenvalue weighted by molar-refractivity contribution is 6.44. The molecule has 3 heterocycles. The quantitative estimate of drug-likeness (QED) is 0.762. The molecule has 0 spiro atoms. The van der Waals surface area contributed by atoms with Gasteiger partial charge in [-0.05, 0) is 24.3 Å². The summed E-state index contributed by atoms with van der Waals surface area (Å²) in [6.45, 7) is 0. The number of hydrazone groups is 1. The first kappa shape index (κ1) is 16.6. The van der Waals surface area contributed by atoms with Crippen LogP contribution in [0.25, 0.3) is 5.82 Å². The van der Waals surface area contributed by atoms with Crippen molar-refractivity contribution < 1.29 is 9.59 Å². The fourth-order valence-electron chi connectivity index (χ4n) is 2.68. The summed E-state index contributed by atoms with van der Waals surface area (Å²) in [5.41, 5.74) is 1.36. The highest BCUT2D eigenvalue weighted by Gasteiger charge is 2.26. The number of carbonyl (C=O) groups excluding carboxylic acids is 2. The van der Waals surface area contributed by atoms with Gasteiger partial charge in [-0.1, -0.05) is 18.2 Å². The SMILES string of the molecule is O=C(Nc1cccnc1-n1cncn1)C1=NN(c2ccccc2)C(=O)CC1. The number of benzene rings is 1. The fourth-order valence-corrected chi connectivity index (χ4v) is 2.68. The number of hydrogen-bond acceptors (Lipinski definition) is 6. The van der Waals surface area contributed by atoms with Gasteiger partial charge in [0.25, 0.3) is 5.91 Å². The van der Waals surface area contributed by atoms with Gasteiger partial charge in [-0.2, -0.15) is 10.2 Å². The van der Waals surface area contributed by atoms with Gasteiger partial charge < -0.3 is 5.32 Å². The van der Waals surface area contributed by atoms with E-state index >= 15 is 0 Å². The number of nitrogens with zero attached hydrogens (tertiary/aromatic N) is 6. The normalized spacial score (nSPS) is 14.0. The molecule has 2 aromatic heterocycles. The average molecular weight is 361 g/mol. The third-order valence-electron chi connectivity index (χ3n) is 3.97. The number of hydrogen-bond donors (Lipinski definition) is 1. The van der Waals surface area contributed by atoms with Gasteiger partial charge in [-0.25, -0.2) is 19.7 Å². The van der Waals surface area contributed by atoms with E-state index in [4.69, 9.17) is 0 Å². The van der Waals surface area contributed by atoms with E-state index in [2.05, 4.69) is 25.5 Å². The second-order valence-corrected chi connectivity index (χ2v) is 5.76. The van der Waals surface area contributed by atoms with E-state index in [0.29, 0.717) is 17.2 Å². The maximum absolute atomic E-state index is 12.7. The summed E-state index contributed by atoms with van der Waals surface area (Å²) in [5, 5.41) is 12.4. The van der Waals surface area contributed by atoms with E-state index in [1.54, 1.807) is 30.5 Å². The van der Waals surface area contributed by atoms with Crippen molar-refractivity contribution in [2.45, 2.75) is 12.8 Å². The summed E-state index contributed by atoms with van der Waals surface area (Å²) < 4.78 is 1.46. The maximum Gasteiger partial charge on any atom is 0.271 e. The predicted octanol–water partition coefficient (Wildman–Crippen LogP) is 1.78. The number of pyridine rings is 1. The van der Waals surface area contributed by atoms with Crippen molar-refractivity contribution in [3.05, 3.63) is 61.3 Å². The van der Waals surface area contributed by atoms with Crippen molar-refractivity contribution in [1.29, 1.82) is 0 Å². The number of amides is 2. The molecule has 1 aliphatic heterocycles. The monoisotopic (exact) mass is 361 g/mol. The zero-order valence-electron chi connectivity index (χ0n) is 14.2. The molecule has 0 bridgehead atoms. The number of para-hydroxylation sites is 1. The van der Waals surface area contributed by atoms with Crippen molar-refractivity contribution >= 4 is 28.9 Å². The van der Waals surface area contributed by atoms with Crippen LogP contribution in [0.5, 0.6) is 0 Å². The lowest BCUT2D eigenvalue weighted by Gasteiger charge is -2.23. The van der Waals surface area contributed by atoms with Crippen LogP contribution in [-0.4, -0.2) is 37.3 Å². The average Bonchev–Trinajstić information content (AvgIpc) is 3.24. The molecule has 9 nitrogen and oxygen atoms in total. The molecule has 9 heteroatoms. The van der Waals surface area contributed by atoms with Crippen molar-refractivity contribution in [1.82, 2.24) is 19.7 Å². The van der Waals surface area contributed by atoms with Gasteiger partial charge in [0.1, 0.15) is 18.4 Å². The first-order valence-electron chi connectivity index (χ1n) is 8.29. The van der Waals surface area contributed by atoms with Crippen molar-refractivity contribution in [3.63, 3.8) is 0 Å². The van der Waals surface area contributed by atoms with Gasteiger partial charge in [0.05, 0.1) is 11.4 Å². The fraction of sp³-hybridized carbons (Fsp3) is 0.111. The van der Waals surface area contributed by atoms with E-state index < -0.39 is 5.91 Å². The minimum atomic E-state index is -0.391. The van der Waals surface area contributed by atoms with E-state index in [1.165, 1.54) is 22.3 Å². The Morgan fingerprint density at radius 2 is 1.93 bits per heavy atom. The van der Waals surface area contributed by atoms with Crippen LogP contribution in [0.1, 0.15) is 12.8 Å². The highest BCUT2D eigenvalue weighted by Crippen LogP contribution is 2.21. The molecule has 2 amide bonds. The minimum absolute atomic E-state index is 0.151. The van der Waals surface area contributed by atoms with E-state index in [1.807, 2.05) is 18.2 Å². The molecule has 4 rings (SSSR count). The third-order valence-corrected chi connectivity index (χ3v) is 3.97. The van der Waals surface area contributed by atoms with Crippen LogP contribution in [0.15, 0.2) is 66.4 Å². The van der Waals surface area contributed by atoms with Crippen molar-refractivity contribution in [3.8, 4) is 5.82 Å². The largest absolute Gasteiger partial charge is 0.318 e. The first-order valence-corrected chi connectivity index (χ1v) is 8.29. The van der Waals surface area contributed by atoms with Gasteiger partial charge in [0.2, 0.25) is 5.91 Å². The second kappa shape index (κ2) is 7.16. The Labute approximate surface area is 154 Å². The summed E-state index contributed by atoms with van der Waals surface area (Å²) in [5.74, 6) is -0.101. The summed E-state index contributed by atoms with van der Waals surface area (Å²) in [7, 11) is 0. The van der Waals surface area contributed by atoms with Gasteiger partial charge in [0.15, 0.2) is 5.82 Å². The van der Waals surface area contributed by atoms with Gasteiger partial charge in [0, 0.05) is 19.0 Å². The molecule has 0 radical (unpaired) electrons. The zero-order chi connectivity index (χ0) is 18.6. The molecule has 0 saturated carbocycles. The lowest BCUT2D eigenvalue weighted by atomic mass is 10.1. The number of aromatic nitrogens is 4. The second-order valence-electron chi connectivity index (χ2n) is 5.76. The number of carbonyl (C=O) groups is 2. The molecule has 0 fully saturated rings. The molecule has 3 aromatic rings. The van der Waals surface area contributed by atoms with E-state index in [-0.39, 0.29) is 24.5 Å². The Balaban J connectivity index is 1.60. The van der Waals surface area contributed by atoms with Crippen molar-refractivity contribution in [2.24, 2.45) is 5.10 Å². The molecule has 0 aliphatic carbocycles. The summed E-state index contributed by atoms with van der Waals surface area (Å²) in [4.78, 5) is 33.0. The Morgan fingerprint density at radius 1 is 1.07 bits per heavy atom. The maximum atomic E-state index is 12.7. The molecular formula is C18H15N7O2. The summed E-state index contributed by atoms with van der Waals surface area (Å²) in [6.07, 6.45) is 4.96. The topological polar surface area (TPSA) is 105 Å². The molecule has 134 valence electrons. The molecule has 1 N–H and O–H groups in total. The van der Waals surface area contributed by atoms with E-state index in [0.717, 1.165) is 0 Å². The molecule has 0 atom stereocenters. The highest BCUT2D eigenvalue weighted by atomic mass is 16.2. The van der Waals surface area contributed by atoms with Crippen LogP contribution in [0.2, 0.25) is 0 Å². The van der Waals surface area contributed by atoms with Crippen LogP contribution in [0.4, 0.5) is 11.4 Å². The Kier molecular flexibility index (Phi) is 4.40. The minimum Gasteiger partial charge on any atom is -0.318 e. The van der Waals surface area contributed by atoms with Crippen LogP contribution in [0.3, 0.4) is 0 Å². The van der Waals surface area contributed by atoms with Crippen LogP contribution >= 0.6 is 0 Å². The lowest BCUT2D eigenvalue weighted by molar-refractivity contribution is -0.118. The smallest absolute Gasteiger partial charge is 0.271 e. The lowest BCUT2D eigenvalue weighted by Crippen LogP contribution is -2.36. The summed E-state index contributed by atoms with van der Waals surface area (Å²) in [6, 6.07) is 12.4. The summed E-state index contributed by atoms with van der Waals surface area (Å²) >= 11 is 0. The zero-order valence-corrected chi connectivity index (χ0v) is 14.2. The molecule has 1 aromatic carbocycles. The van der Waals surface area contributed by atoms with Gasteiger partial charge in [-0.15, -0.1) is 0 Å².